The van der Waals surface area contributed by atoms with Gasteiger partial charge in [-0.15, -0.1) is 0 Å². The van der Waals surface area contributed by atoms with Crippen LogP contribution in [0.3, 0.4) is 0 Å². The van der Waals surface area contributed by atoms with E-state index in [-0.39, 0.29) is 0 Å². The van der Waals surface area contributed by atoms with Crippen LogP contribution in [0.1, 0.15) is 35.2 Å². The molecule has 0 amide bonds. The van der Waals surface area contributed by atoms with Gasteiger partial charge in [0.1, 0.15) is 12.0 Å². The van der Waals surface area contributed by atoms with Gasteiger partial charge in [-0.05, 0) is 53.8 Å². The van der Waals surface area contributed by atoms with Gasteiger partial charge < -0.3 is 4.74 Å². The fourth-order valence-corrected chi connectivity index (χ4v) is 3.59. The Morgan fingerprint density at radius 1 is 1.04 bits per heavy atom. The summed E-state index contributed by atoms with van der Waals surface area (Å²) in [6.45, 7) is 0. The van der Waals surface area contributed by atoms with Crippen LogP contribution in [0.2, 0.25) is 0 Å². The van der Waals surface area contributed by atoms with Crippen molar-refractivity contribution in [2.75, 3.05) is 7.11 Å². The molecule has 0 N–H and O–H groups in total. The summed E-state index contributed by atoms with van der Waals surface area (Å²) in [6.07, 6.45) is 7.98. The first-order valence-electron chi connectivity index (χ1n) is 9.46. The molecule has 2 aromatic carbocycles. The van der Waals surface area contributed by atoms with Crippen molar-refractivity contribution < 1.29 is 9.53 Å². The maximum absolute atomic E-state index is 11.0. The van der Waals surface area contributed by atoms with E-state index in [1.165, 1.54) is 24.8 Å². The lowest BCUT2D eigenvalue weighted by Crippen LogP contribution is -2.13. The van der Waals surface area contributed by atoms with E-state index in [0.717, 1.165) is 46.8 Å². The molecule has 4 rings (SSSR count). The third-order valence-electron chi connectivity index (χ3n) is 5.41. The minimum Gasteiger partial charge on any atom is -0.497 e. The zero-order chi connectivity index (χ0) is 18.6. The summed E-state index contributed by atoms with van der Waals surface area (Å²) >= 11 is 0. The highest BCUT2D eigenvalue weighted by Crippen LogP contribution is 2.35. The van der Waals surface area contributed by atoms with Crippen LogP contribution in [0.15, 0.2) is 60.8 Å². The standard InChI is InChI=1S/C24H23NO2/c1-27-22-11-9-21(10-12-22)24-23(20-7-5-18(16-26)6-8-20)14-19(15-25-24)13-17-3-2-4-17/h5-12,14-17H,2-4,13H2,1H3. The number of hydrogen-bond donors (Lipinski definition) is 0. The third-order valence-corrected chi connectivity index (χ3v) is 5.41. The maximum Gasteiger partial charge on any atom is 0.150 e. The van der Waals surface area contributed by atoms with Crippen molar-refractivity contribution in [1.29, 1.82) is 0 Å². The normalized spacial score (nSPS) is 13.8. The Bertz CT molecular complexity index is 926. The second-order valence-corrected chi connectivity index (χ2v) is 7.21. The summed E-state index contributed by atoms with van der Waals surface area (Å²) in [4.78, 5) is 15.8. The van der Waals surface area contributed by atoms with Crippen molar-refractivity contribution in [3.05, 3.63) is 71.9 Å². The van der Waals surface area contributed by atoms with Gasteiger partial charge in [-0.3, -0.25) is 9.78 Å². The van der Waals surface area contributed by atoms with Gasteiger partial charge in [0, 0.05) is 22.9 Å². The van der Waals surface area contributed by atoms with E-state index < -0.39 is 0 Å². The van der Waals surface area contributed by atoms with Crippen LogP contribution >= 0.6 is 0 Å². The molecule has 3 nitrogen and oxygen atoms in total. The van der Waals surface area contributed by atoms with Crippen molar-refractivity contribution in [1.82, 2.24) is 4.98 Å². The predicted molar refractivity (Wildman–Crippen MR) is 108 cm³/mol. The number of hydrogen-bond acceptors (Lipinski definition) is 3. The van der Waals surface area contributed by atoms with Crippen molar-refractivity contribution in [3.8, 4) is 28.1 Å². The number of carbonyl (C=O) groups excluding carboxylic acids is 1. The fraction of sp³-hybridized carbons (Fsp3) is 0.250. The van der Waals surface area contributed by atoms with Gasteiger partial charge in [-0.1, -0.05) is 43.5 Å². The van der Waals surface area contributed by atoms with Gasteiger partial charge in [0.15, 0.2) is 0 Å². The number of pyridine rings is 1. The van der Waals surface area contributed by atoms with Gasteiger partial charge in [0.25, 0.3) is 0 Å². The molecule has 1 aromatic heterocycles. The highest BCUT2D eigenvalue weighted by molar-refractivity contribution is 5.83. The molecule has 0 radical (unpaired) electrons. The molecule has 1 fully saturated rings. The van der Waals surface area contributed by atoms with Crippen molar-refractivity contribution in [3.63, 3.8) is 0 Å². The van der Waals surface area contributed by atoms with Gasteiger partial charge in [-0.25, -0.2) is 0 Å². The number of aldehydes is 1. The number of nitrogens with zero attached hydrogens (tertiary/aromatic N) is 1. The summed E-state index contributed by atoms with van der Waals surface area (Å²) < 4.78 is 5.27. The van der Waals surface area contributed by atoms with Crippen LogP contribution in [-0.2, 0) is 6.42 Å². The fourth-order valence-electron chi connectivity index (χ4n) is 3.59. The van der Waals surface area contributed by atoms with E-state index >= 15 is 0 Å². The van der Waals surface area contributed by atoms with Gasteiger partial charge in [-0.2, -0.15) is 0 Å². The molecular formula is C24H23NO2. The zero-order valence-electron chi connectivity index (χ0n) is 15.5. The minimum absolute atomic E-state index is 0.684. The first-order valence-corrected chi connectivity index (χ1v) is 9.46. The molecule has 1 saturated carbocycles. The molecule has 0 aliphatic heterocycles. The number of methoxy groups -OCH3 is 1. The molecule has 0 atom stereocenters. The SMILES string of the molecule is COc1ccc(-c2ncc(CC3CCC3)cc2-c2ccc(C=O)cc2)cc1. The molecule has 27 heavy (non-hydrogen) atoms. The van der Waals surface area contributed by atoms with Crippen molar-refractivity contribution in [2.45, 2.75) is 25.7 Å². The number of aromatic nitrogens is 1. The number of benzene rings is 2. The Morgan fingerprint density at radius 2 is 1.74 bits per heavy atom. The Kier molecular flexibility index (Phi) is 5.01. The van der Waals surface area contributed by atoms with Gasteiger partial charge in [0.2, 0.25) is 0 Å². The average molecular weight is 357 g/mol. The Hall–Kier alpha value is -2.94. The van der Waals surface area contributed by atoms with E-state index in [9.17, 15) is 4.79 Å². The quantitative estimate of drug-likeness (QED) is 0.541. The van der Waals surface area contributed by atoms with E-state index in [1.807, 2.05) is 54.7 Å². The zero-order valence-corrected chi connectivity index (χ0v) is 15.5. The summed E-state index contributed by atoms with van der Waals surface area (Å²) in [5, 5.41) is 0. The smallest absolute Gasteiger partial charge is 0.150 e. The predicted octanol–water partition coefficient (Wildman–Crippen LogP) is 5.58. The topological polar surface area (TPSA) is 39.2 Å². The molecule has 3 heteroatoms. The third kappa shape index (κ3) is 3.77. The molecule has 3 aromatic rings. The van der Waals surface area contributed by atoms with E-state index in [0.29, 0.717) is 5.56 Å². The molecule has 1 aliphatic rings. The molecule has 1 aliphatic carbocycles. The monoisotopic (exact) mass is 357 g/mol. The molecular weight excluding hydrogens is 334 g/mol. The number of ether oxygens (including phenoxy) is 1. The van der Waals surface area contributed by atoms with Crippen LogP contribution in [0.4, 0.5) is 0 Å². The van der Waals surface area contributed by atoms with E-state index in [1.54, 1.807) is 7.11 Å². The summed E-state index contributed by atoms with van der Waals surface area (Å²) in [5.41, 5.74) is 6.16. The van der Waals surface area contributed by atoms with Gasteiger partial charge in [0.05, 0.1) is 12.8 Å². The minimum atomic E-state index is 0.684. The summed E-state index contributed by atoms with van der Waals surface area (Å²) in [5.74, 6) is 1.63. The van der Waals surface area contributed by atoms with Crippen LogP contribution in [0, 0.1) is 5.92 Å². The average Bonchev–Trinajstić information content (AvgIpc) is 2.71. The Balaban J connectivity index is 1.76. The highest BCUT2D eigenvalue weighted by atomic mass is 16.5. The van der Waals surface area contributed by atoms with Gasteiger partial charge >= 0.3 is 0 Å². The van der Waals surface area contributed by atoms with Crippen molar-refractivity contribution in [2.24, 2.45) is 5.92 Å². The van der Waals surface area contributed by atoms with Crippen LogP contribution in [0.25, 0.3) is 22.4 Å². The largest absolute Gasteiger partial charge is 0.497 e. The second kappa shape index (κ2) is 7.75. The first-order chi connectivity index (χ1) is 13.3. The van der Waals surface area contributed by atoms with Crippen LogP contribution in [-0.4, -0.2) is 18.4 Å². The summed E-state index contributed by atoms with van der Waals surface area (Å²) in [6, 6.07) is 18.0. The van der Waals surface area contributed by atoms with Crippen LogP contribution in [0.5, 0.6) is 5.75 Å². The van der Waals surface area contributed by atoms with Crippen LogP contribution < -0.4 is 4.74 Å². The lowest BCUT2D eigenvalue weighted by Gasteiger charge is -2.25. The molecule has 136 valence electrons. The number of carbonyl (C=O) groups is 1. The molecule has 0 saturated heterocycles. The second-order valence-electron chi connectivity index (χ2n) is 7.21. The van der Waals surface area contributed by atoms with E-state index in [4.69, 9.17) is 9.72 Å². The summed E-state index contributed by atoms with van der Waals surface area (Å²) in [7, 11) is 1.67. The maximum atomic E-state index is 11.0. The van der Waals surface area contributed by atoms with E-state index in [2.05, 4.69) is 6.07 Å². The Labute approximate surface area is 160 Å². The molecule has 0 unspecified atom stereocenters. The molecule has 1 heterocycles. The molecule has 0 spiro atoms. The lowest BCUT2D eigenvalue weighted by atomic mass is 9.81. The Morgan fingerprint density at radius 3 is 2.33 bits per heavy atom. The van der Waals surface area contributed by atoms with Crippen molar-refractivity contribution >= 4 is 6.29 Å². The number of rotatable bonds is 6. The first kappa shape index (κ1) is 17.5. The highest BCUT2D eigenvalue weighted by Gasteiger charge is 2.19. The molecule has 0 bridgehead atoms. The lowest BCUT2D eigenvalue weighted by molar-refractivity contribution is 0.112.